The van der Waals surface area contributed by atoms with Gasteiger partial charge in [-0.15, -0.1) is 0 Å². The van der Waals surface area contributed by atoms with Crippen molar-refractivity contribution in [2.24, 2.45) is 5.92 Å². The number of carbonyl (C=O) groups is 2. The Balaban J connectivity index is 1.64. The van der Waals surface area contributed by atoms with E-state index in [4.69, 9.17) is 0 Å². The van der Waals surface area contributed by atoms with Crippen molar-refractivity contribution in [3.63, 3.8) is 0 Å². The number of piperazine rings is 1. The van der Waals surface area contributed by atoms with Gasteiger partial charge in [0.2, 0.25) is 5.91 Å². The lowest BCUT2D eigenvalue weighted by Gasteiger charge is -2.35. The lowest BCUT2D eigenvalue weighted by Crippen LogP contribution is -2.51. The first-order valence-corrected chi connectivity index (χ1v) is 7.09. The van der Waals surface area contributed by atoms with E-state index in [0.717, 1.165) is 31.0 Å². The standard InChI is InChI=1S/C15H16F2N2O2/c16-11-3-4-13(17)12(9-11)15(21)19-7-5-18(6-8-19)14(20)10-1-2-10/h3-4,9-10H,1-2,5-8H2. The highest BCUT2D eigenvalue weighted by atomic mass is 19.1. The quantitative estimate of drug-likeness (QED) is 0.832. The SMILES string of the molecule is O=C(c1cc(F)ccc1F)N1CCN(C(=O)C2CC2)CC1. The van der Waals surface area contributed by atoms with Crippen LogP contribution in [0.5, 0.6) is 0 Å². The predicted molar refractivity (Wildman–Crippen MR) is 71.6 cm³/mol. The van der Waals surface area contributed by atoms with Gasteiger partial charge in [0, 0.05) is 32.1 Å². The van der Waals surface area contributed by atoms with Crippen LogP contribution in [0.2, 0.25) is 0 Å². The van der Waals surface area contributed by atoms with Crippen molar-refractivity contribution in [1.29, 1.82) is 0 Å². The van der Waals surface area contributed by atoms with E-state index in [2.05, 4.69) is 0 Å². The molecule has 4 nitrogen and oxygen atoms in total. The molecule has 1 heterocycles. The fourth-order valence-electron chi connectivity index (χ4n) is 2.55. The molecule has 1 aliphatic carbocycles. The molecule has 0 spiro atoms. The van der Waals surface area contributed by atoms with Gasteiger partial charge in [-0.2, -0.15) is 0 Å². The second kappa shape index (κ2) is 5.42. The summed E-state index contributed by atoms with van der Waals surface area (Å²) in [7, 11) is 0. The van der Waals surface area contributed by atoms with Gasteiger partial charge < -0.3 is 9.80 Å². The van der Waals surface area contributed by atoms with Crippen LogP contribution in [0.25, 0.3) is 0 Å². The summed E-state index contributed by atoms with van der Waals surface area (Å²) in [4.78, 5) is 27.4. The molecule has 1 saturated carbocycles. The molecule has 3 rings (SSSR count). The monoisotopic (exact) mass is 294 g/mol. The van der Waals surface area contributed by atoms with E-state index in [1.165, 1.54) is 4.90 Å². The molecule has 0 bridgehead atoms. The maximum absolute atomic E-state index is 13.6. The van der Waals surface area contributed by atoms with Crippen molar-refractivity contribution in [2.75, 3.05) is 26.2 Å². The first-order chi connectivity index (χ1) is 10.1. The minimum absolute atomic E-state index is 0.152. The van der Waals surface area contributed by atoms with Crippen LogP contribution in [-0.4, -0.2) is 47.8 Å². The van der Waals surface area contributed by atoms with Crippen molar-refractivity contribution in [2.45, 2.75) is 12.8 Å². The van der Waals surface area contributed by atoms with Gasteiger partial charge in [-0.1, -0.05) is 0 Å². The Morgan fingerprint density at radius 1 is 1.00 bits per heavy atom. The van der Waals surface area contributed by atoms with Crippen LogP contribution >= 0.6 is 0 Å². The third-order valence-corrected chi connectivity index (χ3v) is 3.96. The molecule has 0 aromatic heterocycles. The van der Waals surface area contributed by atoms with Crippen LogP contribution in [0.1, 0.15) is 23.2 Å². The highest BCUT2D eigenvalue weighted by Gasteiger charge is 2.35. The lowest BCUT2D eigenvalue weighted by atomic mass is 10.1. The van der Waals surface area contributed by atoms with Gasteiger partial charge in [0.05, 0.1) is 5.56 Å². The summed E-state index contributed by atoms with van der Waals surface area (Å²) in [5.74, 6) is -1.57. The molecule has 112 valence electrons. The molecule has 1 aromatic rings. The minimum atomic E-state index is -0.724. The Morgan fingerprint density at radius 2 is 1.62 bits per heavy atom. The number of carbonyl (C=O) groups excluding carboxylic acids is 2. The van der Waals surface area contributed by atoms with Crippen molar-refractivity contribution in [3.05, 3.63) is 35.4 Å². The normalized spacial score (nSPS) is 18.8. The molecular weight excluding hydrogens is 278 g/mol. The molecule has 2 aliphatic rings. The van der Waals surface area contributed by atoms with E-state index < -0.39 is 17.5 Å². The largest absolute Gasteiger partial charge is 0.339 e. The molecule has 21 heavy (non-hydrogen) atoms. The fourth-order valence-corrected chi connectivity index (χ4v) is 2.55. The summed E-state index contributed by atoms with van der Waals surface area (Å²) >= 11 is 0. The zero-order chi connectivity index (χ0) is 15.0. The zero-order valence-electron chi connectivity index (χ0n) is 11.5. The van der Waals surface area contributed by atoms with Gasteiger partial charge in [-0.3, -0.25) is 9.59 Å². The number of nitrogens with zero attached hydrogens (tertiary/aromatic N) is 2. The Morgan fingerprint density at radius 3 is 2.24 bits per heavy atom. The van der Waals surface area contributed by atoms with Gasteiger partial charge in [0.25, 0.3) is 5.91 Å². The van der Waals surface area contributed by atoms with Crippen molar-refractivity contribution >= 4 is 11.8 Å². The highest BCUT2D eigenvalue weighted by molar-refractivity contribution is 5.94. The van der Waals surface area contributed by atoms with Crippen LogP contribution in [0.15, 0.2) is 18.2 Å². The minimum Gasteiger partial charge on any atom is -0.339 e. The number of hydrogen-bond acceptors (Lipinski definition) is 2. The summed E-state index contributed by atoms with van der Waals surface area (Å²) in [6.45, 7) is 1.62. The van der Waals surface area contributed by atoms with Crippen LogP contribution in [0, 0.1) is 17.6 Å². The molecule has 0 N–H and O–H groups in total. The van der Waals surface area contributed by atoms with Crippen LogP contribution in [0.3, 0.4) is 0 Å². The Hall–Kier alpha value is -1.98. The second-order valence-electron chi connectivity index (χ2n) is 5.52. The van der Waals surface area contributed by atoms with E-state index in [1.54, 1.807) is 4.90 Å². The topological polar surface area (TPSA) is 40.6 Å². The van der Waals surface area contributed by atoms with Gasteiger partial charge in [-0.25, -0.2) is 8.78 Å². The summed E-state index contributed by atoms with van der Waals surface area (Å²) in [6.07, 6.45) is 1.90. The highest BCUT2D eigenvalue weighted by Crippen LogP contribution is 2.31. The maximum atomic E-state index is 13.6. The summed E-state index contributed by atoms with van der Waals surface area (Å²) in [6, 6.07) is 2.85. The number of amides is 2. The number of hydrogen-bond donors (Lipinski definition) is 0. The molecule has 2 fully saturated rings. The third-order valence-electron chi connectivity index (χ3n) is 3.96. The predicted octanol–water partition coefficient (Wildman–Crippen LogP) is 1.66. The molecule has 1 aromatic carbocycles. The maximum Gasteiger partial charge on any atom is 0.257 e. The average molecular weight is 294 g/mol. The van der Waals surface area contributed by atoms with Gasteiger partial charge in [0.1, 0.15) is 11.6 Å². The van der Waals surface area contributed by atoms with Gasteiger partial charge >= 0.3 is 0 Å². The Labute approximate surface area is 121 Å². The van der Waals surface area contributed by atoms with Crippen molar-refractivity contribution < 1.29 is 18.4 Å². The van der Waals surface area contributed by atoms with E-state index in [1.807, 2.05) is 0 Å². The Bertz CT molecular complexity index is 579. The smallest absolute Gasteiger partial charge is 0.257 e. The van der Waals surface area contributed by atoms with Crippen LogP contribution in [0.4, 0.5) is 8.78 Å². The first kappa shape index (κ1) is 14.0. The van der Waals surface area contributed by atoms with E-state index >= 15 is 0 Å². The molecule has 6 heteroatoms. The number of halogens is 2. The fraction of sp³-hybridized carbons (Fsp3) is 0.467. The number of benzene rings is 1. The third kappa shape index (κ3) is 2.89. The van der Waals surface area contributed by atoms with Crippen molar-refractivity contribution in [1.82, 2.24) is 9.80 Å². The summed E-state index contributed by atoms with van der Waals surface area (Å²) in [5.41, 5.74) is -0.253. The average Bonchev–Trinajstić information content (AvgIpc) is 3.33. The van der Waals surface area contributed by atoms with E-state index in [-0.39, 0.29) is 17.4 Å². The van der Waals surface area contributed by atoms with Crippen molar-refractivity contribution in [3.8, 4) is 0 Å². The van der Waals surface area contributed by atoms with Crippen LogP contribution < -0.4 is 0 Å². The van der Waals surface area contributed by atoms with E-state index in [9.17, 15) is 18.4 Å². The molecule has 0 atom stereocenters. The summed E-state index contributed by atoms with van der Waals surface area (Å²) < 4.78 is 26.8. The van der Waals surface area contributed by atoms with E-state index in [0.29, 0.717) is 26.2 Å². The second-order valence-corrected chi connectivity index (χ2v) is 5.52. The lowest BCUT2D eigenvalue weighted by molar-refractivity contribution is -0.134. The first-order valence-electron chi connectivity index (χ1n) is 7.09. The molecule has 1 aliphatic heterocycles. The molecule has 1 saturated heterocycles. The zero-order valence-corrected chi connectivity index (χ0v) is 11.5. The van der Waals surface area contributed by atoms with Gasteiger partial charge in [0.15, 0.2) is 0 Å². The molecule has 0 radical (unpaired) electrons. The summed E-state index contributed by atoms with van der Waals surface area (Å²) in [5, 5.41) is 0. The van der Waals surface area contributed by atoms with Crippen LogP contribution in [-0.2, 0) is 4.79 Å². The molecule has 2 amide bonds. The Kier molecular flexibility index (Phi) is 3.61. The molecular formula is C15H16F2N2O2. The van der Waals surface area contributed by atoms with Gasteiger partial charge in [-0.05, 0) is 31.0 Å². The molecule has 0 unspecified atom stereocenters. The number of rotatable bonds is 2.